The summed E-state index contributed by atoms with van der Waals surface area (Å²) in [7, 11) is 0. The van der Waals surface area contributed by atoms with Crippen LogP contribution in [0, 0.1) is 0 Å². The number of nitrogens with zero attached hydrogens (tertiary/aromatic N) is 3. The Balaban J connectivity index is 0.868. The van der Waals surface area contributed by atoms with Gasteiger partial charge in [-0.25, -0.2) is 0 Å². The van der Waals surface area contributed by atoms with Crippen molar-refractivity contribution in [2.45, 2.75) is 32.1 Å². The molecule has 0 radical (unpaired) electrons. The predicted molar refractivity (Wildman–Crippen MR) is 178 cm³/mol. The first kappa shape index (κ1) is 28.6. The Morgan fingerprint density at radius 1 is 0.818 bits per heavy atom. The summed E-state index contributed by atoms with van der Waals surface area (Å²) in [6.07, 6.45) is 5.67. The van der Waals surface area contributed by atoms with Gasteiger partial charge in [0.1, 0.15) is 17.1 Å². The first-order valence-corrected chi connectivity index (χ1v) is 16.1. The molecule has 1 N–H and O–H groups in total. The zero-order valence-electron chi connectivity index (χ0n) is 25.3. The number of hydrogen-bond acceptors (Lipinski definition) is 7. The summed E-state index contributed by atoms with van der Waals surface area (Å²) < 4.78 is 12.1. The van der Waals surface area contributed by atoms with E-state index in [4.69, 9.17) is 14.1 Å². The average molecular weight is 589 g/mol. The quantitative estimate of drug-likeness (QED) is 0.190. The highest BCUT2D eigenvalue weighted by Crippen LogP contribution is 2.33. The third-order valence-electron chi connectivity index (χ3n) is 9.01. The van der Waals surface area contributed by atoms with Crippen molar-refractivity contribution in [2.75, 3.05) is 57.7 Å². The van der Waals surface area contributed by atoms with Gasteiger partial charge in [0, 0.05) is 80.3 Å². The predicted octanol–water partition coefficient (Wildman–Crippen LogP) is 6.39. The van der Waals surface area contributed by atoms with Gasteiger partial charge in [0.2, 0.25) is 0 Å². The molecule has 3 aromatic carbocycles. The van der Waals surface area contributed by atoms with Gasteiger partial charge in [0.05, 0.1) is 17.5 Å². The van der Waals surface area contributed by atoms with Gasteiger partial charge in [-0.3, -0.25) is 14.7 Å². The third-order valence-corrected chi connectivity index (χ3v) is 9.01. The first-order valence-electron chi connectivity index (χ1n) is 16.1. The van der Waals surface area contributed by atoms with Crippen LogP contribution in [-0.4, -0.2) is 67.2 Å². The molecule has 2 aliphatic rings. The van der Waals surface area contributed by atoms with Gasteiger partial charge in [0.15, 0.2) is 5.43 Å². The van der Waals surface area contributed by atoms with E-state index in [1.165, 1.54) is 35.2 Å². The zero-order chi connectivity index (χ0) is 29.7. The van der Waals surface area contributed by atoms with Crippen molar-refractivity contribution < 1.29 is 9.15 Å². The molecule has 7 heteroatoms. The monoisotopic (exact) mass is 588 g/mol. The molecule has 5 aromatic rings. The fraction of sp³-hybridized carbons (Fsp3) is 0.351. The van der Waals surface area contributed by atoms with E-state index in [9.17, 15) is 4.79 Å². The molecule has 1 aliphatic heterocycles. The fourth-order valence-electron chi connectivity index (χ4n) is 6.60. The molecule has 1 fully saturated rings. The van der Waals surface area contributed by atoms with Crippen LogP contribution in [0.15, 0.2) is 88.1 Å². The third kappa shape index (κ3) is 6.35. The van der Waals surface area contributed by atoms with Crippen molar-refractivity contribution in [1.29, 1.82) is 0 Å². The van der Waals surface area contributed by atoms with Crippen LogP contribution in [0.1, 0.15) is 30.5 Å². The maximum absolute atomic E-state index is 12.6. The SMILES string of the molecule is O=c1cc(-c2ccccc2)oc2cc(OCCCN3CCN(CCNc4c5c(nc6ccccc46)CCCC5)CC3)ccc12. The Hall–Kier alpha value is -4.20. The number of piperazine rings is 1. The highest BCUT2D eigenvalue weighted by molar-refractivity contribution is 5.93. The number of para-hydroxylation sites is 1. The minimum Gasteiger partial charge on any atom is -0.493 e. The molecule has 0 atom stereocenters. The topological polar surface area (TPSA) is 70.8 Å². The Labute approximate surface area is 258 Å². The van der Waals surface area contributed by atoms with Gasteiger partial charge in [-0.2, -0.15) is 0 Å². The molecule has 226 valence electrons. The number of pyridine rings is 1. The molecule has 3 heterocycles. The van der Waals surface area contributed by atoms with Crippen LogP contribution >= 0.6 is 0 Å². The van der Waals surface area contributed by atoms with Crippen LogP contribution in [-0.2, 0) is 12.8 Å². The van der Waals surface area contributed by atoms with Crippen molar-refractivity contribution in [3.05, 3.63) is 100 Å². The van der Waals surface area contributed by atoms with Gasteiger partial charge in [-0.05, 0) is 55.9 Å². The standard InChI is InChI=1S/C37H40N4O3/c42-34-26-35(27-9-2-1-3-10-27)44-36-25-28(15-16-31(34)36)43-24-8-18-40-20-22-41(23-21-40)19-17-38-37-29-11-4-6-13-32(29)39-33-14-7-5-12-30(33)37/h1-4,6,9-11,13,15-16,25-26H,5,7-8,12,14,17-24H2,(H,38,39). The smallest absolute Gasteiger partial charge is 0.193 e. The molecule has 44 heavy (non-hydrogen) atoms. The Kier molecular flexibility index (Phi) is 8.57. The van der Waals surface area contributed by atoms with E-state index >= 15 is 0 Å². The average Bonchev–Trinajstić information content (AvgIpc) is 3.07. The first-order chi connectivity index (χ1) is 21.7. The molecule has 0 unspecified atom stereocenters. The number of nitrogens with one attached hydrogen (secondary N) is 1. The van der Waals surface area contributed by atoms with Crippen molar-refractivity contribution in [3.8, 4) is 17.1 Å². The summed E-state index contributed by atoms with van der Waals surface area (Å²) >= 11 is 0. The van der Waals surface area contributed by atoms with Gasteiger partial charge in [-0.15, -0.1) is 0 Å². The summed E-state index contributed by atoms with van der Waals surface area (Å²) in [5.74, 6) is 1.30. The minimum absolute atomic E-state index is 0.0450. The lowest BCUT2D eigenvalue weighted by atomic mass is 9.92. The van der Waals surface area contributed by atoms with Gasteiger partial charge in [-0.1, -0.05) is 48.5 Å². The van der Waals surface area contributed by atoms with Crippen molar-refractivity contribution >= 4 is 27.6 Å². The van der Waals surface area contributed by atoms with E-state index in [-0.39, 0.29) is 5.43 Å². The summed E-state index contributed by atoms with van der Waals surface area (Å²) in [5, 5.41) is 5.64. The molecule has 0 bridgehead atoms. The van der Waals surface area contributed by atoms with Crippen LogP contribution in [0.5, 0.6) is 5.75 Å². The van der Waals surface area contributed by atoms with E-state index in [1.807, 2.05) is 42.5 Å². The van der Waals surface area contributed by atoms with Gasteiger partial charge in [0.25, 0.3) is 0 Å². The Morgan fingerprint density at radius 2 is 1.59 bits per heavy atom. The van der Waals surface area contributed by atoms with Crippen LogP contribution in [0.25, 0.3) is 33.2 Å². The second kappa shape index (κ2) is 13.2. The molecular weight excluding hydrogens is 548 g/mol. The number of ether oxygens (including phenoxy) is 1. The molecule has 1 aliphatic carbocycles. The van der Waals surface area contributed by atoms with Crippen LogP contribution in [0.2, 0.25) is 0 Å². The zero-order valence-corrected chi connectivity index (χ0v) is 25.3. The van der Waals surface area contributed by atoms with Crippen molar-refractivity contribution in [2.24, 2.45) is 0 Å². The largest absolute Gasteiger partial charge is 0.493 e. The molecule has 0 spiro atoms. The summed E-state index contributed by atoms with van der Waals surface area (Å²) in [6.45, 7) is 7.98. The molecule has 0 saturated carbocycles. The van der Waals surface area contributed by atoms with E-state index < -0.39 is 0 Å². The molecule has 1 saturated heterocycles. The van der Waals surface area contributed by atoms with Crippen LogP contribution in [0.3, 0.4) is 0 Å². The van der Waals surface area contributed by atoms with Gasteiger partial charge < -0.3 is 19.4 Å². The van der Waals surface area contributed by atoms with E-state index in [0.29, 0.717) is 23.3 Å². The summed E-state index contributed by atoms with van der Waals surface area (Å²) in [4.78, 5) is 22.7. The minimum atomic E-state index is -0.0450. The number of aromatic nitrogens is 1. The summed E-state index contributed by atoms with van der Waals surface area (Å²) in [5.41, 5.74) is 6.54. The second-order valence-electron chi connectivity index (χ2n) is 11.9. The number of fused-ring (bicyclic) bond motifs is 3. The van der Waals surface area contributed by atoms with Crippen molar-refractivity contribution in [3.63, 3.8) is 0 Å². The maximum Gasteiger partial charge on any atom is 0.193 e. The lowest BCUT2D eigenvalue weighted by molar-refractivity contribution is 0.129. The Bertz CT molecular complexity index is 1790. The number of benzene rings is 3. The molecule has 7 rings (SSSR count). The molecule has 7 nitrogen and oxygen atoms in total. The number of anilines is 1. The maximum atomic E-state index is 12.6. The van der Waals surface area contributed by atoms with E-state index in [0.717, 1.165) is 81.9 Å². The molecule has 0 amide bonds. The summed E-state index contributed by atoms with van der Waals surface area (Å²) in [6, 6.07) is 25.3. The van der Waals surface area contributed by atoms with E-state index in [2.05, 4.69) is 39.4 Å². The van der Waals surface area contributed by atoms with Crippen LogP contribution < -0.4 is 15.5 Å². The second-order valence-corrected chi connectivity index (χ2v) is 11.9. The lowest BCUT2D eigenvalue weighted by Gasteiger charge is -2.34. The van der Waals surface area contributed by atoms with Crippen molar-refractivity contribution in [1.82, 2.24) is 14.8 Å². The fourth-order valence-corrected chi connectivity index (χ4v) is 6.60. The highest BCUT2D eigenvalue weighted by Gasteiger charge is 2.19. The number of rotatable bonds is 10. The molecular formula is C37H40N4O3. The lowest BCUT2D eigenvalue weighted by Crippen LogP contribution is -2.47. The number of aryl methyl sites for hydroxylation is 1. The normalized spacial score (nSPS) is 15.8. The highest BCUT2D eigenvalue weighted by atomic mass is 16.5. The Morgan fingerprint density at radius 3 is 2.45 bits per heavy atom. The molecule has 2 aromatic heterocycles. The number of hydrogen-bond donors (Lipinski definition) is 1. The van der Waals surface area contributed by atoms with E-state index in [1.54, 1.807) is 12.1 Å². The van der Waals surface area contributed by atoms with Gasteiger partial charge >= 0.3 is 0 Å². The van der Waals surface area contributed by atoms with Crippen LogP contribution in [0.4, 0.5) is 5.69 Å².